The van der Waals surface area contributed by atoms with Crippen molar-refractivity contribution in [3.63, 3.8) is 0 Å². The Hall–Kier alpha value is -4.58. The molecule has 4 aromatic rings. The van der Waals surface area contributed by atoms with E-state index >= 15 is 0 Å². The maximum Gasteiger partial charge on any atom is 0.573 e. The van der Waals surface area contributed by atoms with Crippen molar-refractivity contribution in [3.05, 3.63) is 95.8 Å². The van der Waals surface area contributed by atoms with Crippen LogP contribution in [0.2, 0.25) is 0 Å². The van der Waals surface area contributed by atoms with Gasteiger partial charge in [0.25, 0.3) is 5.91 Å². The van der Waals surface area contributed by atoms with Crippen molar-refractivity contribution < 1.29 is 27.5 Å². The van der Waals surface area contributed by atoms with E-state index in [1.165, 1.54) is 58.0 Å². The number of rotatable bonds is 7. The highest BCUT2D eigenvalue weighted by Crippen LogP contribution is 2.38. The molecular formula is C30H26F3N5O3S. The topological polar surface area (TPSA) is 80.6 Å². The molecule has 0 unspecified atom stereocenters. The SMILES string of the molecule is CC(C)c1ccccc1N1C(=O)CS/C1=C\C(=O)N(C)c1ccc(-c2ncn(-c3ccc(OC(F)(F)F)cc3)n2)cc1. The Morgan fingerprint density at radius 1 is 1.05 bits per heavy atom. The van der Waals surface area contributed by atoms with E-state index in [9.17, 15) is 22.8 Å². The summed E-state index contributed by atoms with van der Waals surface area (Å²) in [5.41, 5.74) is 3.63. The van der Waals surface area contributed by atoms with E-state index in [0.717, 1.165) is 11.3 Å². The minimum absolute atomic E-state index is 0.0725. The molecule has 1 aliphatic heterocycles. The van der Waals surface area contributed by atoms with E-state index in [1.807, 2.05) is 24.3 Å². The summed E-state index contributed by atoms with van der Waals surface area (Å²) >= 11 is 1.33. The van der Waals surface area contributed by atoms with Crippen LogP contribution in [-0.4, -0.2) is 45.7 Å². The highest BCUT2D eigenvalue weighted by Gasteiger charge is 2.32. The van der Waals surface area contributed by atoms with Crippen molar-refractivity contribution in [1.82, 2.24) is 14.8 Å². The molecule has 2 amide bonds. The van der Waals surface area contributed by atoms with Gasteiger partial charge in [0.15, 0.2) is 5.82 Å². The van der Waals surface area contributed by atoms with E-state index in [4.69, 9.17) is 0 Å². The van der Waals surface area contributed by atoms with Crippen LogP contribution >= 0.6 is 11.8 Å². The largest absolute Gasteiger partial charge is 0.573 e. The third kappa shape index (κ3) is 6.33. The smallest absolute Gasteiger partial charge is 0.406 e. The molecule has 1 aliphatic rings. The molecule has 8 nitrogen and oxygen atoms in total. The second-order valence-corrected chi connectivity index (χ2v) is 10.7. The zero-order chi connectivity index (χ0) is 30.0. The van der Waals surface area contributed by atoms with E-state index in [0.29, 0.717) is 27.8 Å². The summed E-state index contributed by atoms with van der Waals surface area (Å²) in [5, 5.41) is 4.99. The summed E-state index contributed by atoms with van der Waals surface area (Å²) < 4.78 is 42.6. The number of alkyl halides is 3. The van der Waals surface area contributed by atoms with Gasteiger partial charge in [0.05, 0.1) is 22.2 Å². The summed E-state index contributed by atoms with van der Waals surface area (Å²) in [6, 6.07) is 20.0. The molecule has 5 rings (SSSR count). The first kappa shape index (κ1) is 28.9. The molecule has 0 atom stereocenters. The first-order valence-corrected chi connectivity index (χ1v) is 13.9. The van der Waals surface area contributed by atoms with E-state index in [-0.39, 0.29) is 29.2 Å². The number of halogens is 3. The Kier molecular flexibility index (Phi) is 8.08. The average Bonchev–Trinajstić information content (AvgIpc) is 3.59. The van der Waals surface area contributed by atoms with Gasteiger partial charge in [-0.25, -0.2) is 9.67 Å². The standard InChI is InChI=1S/C30H26F3N5O3S/c1-19(2)24-6-4-5-7-25(24)38-27(40)17-42-28(38)16-26(39)36(3)21-10-8-20(9-11-21)29-34-18-37(35-29)22-12-14-23(15-13-22)41-30(31,32)33/h4-16,18-19H,17H2,1-3H3/b28-16-. The molecule has 12 heteroatoms. The summed E-state index contributed by atoms with van der Waals surface area (Å²) in [4.78, 5) is 33.4. The van der Waals surface area contributed by atoms with Crippen molar-refractivity contribution in [3.8, 4) is 22.8 Å². The van der Waals surface area contributed by atoms with Gasteiger partial charge in [-0.3, -0.25) is 14.5 Å². The highest BCUT2D eigenvalue weighted by atomic mass is 32.2. The number of ether oxygens (including phenoxy) is 1. The van der Waals surface area contributed by atoms with Gasteiger partial charge in [0.1, 0.15) is 12.1 Å². The average molecular weight is 594 g/mol. The number of hydrogen-bond acceptors (Lipinski definition) is 6. The molecule has 3 aromatic carbocycles. The van der Waals surface area contributed by atoms with Crippen LogP contribution in [0.1, 0.15) is 25.3 Å². The van der Waals surface area contributed by atoms with Crippen molar-refractivity contribution >= 4 is 35.0 Å². The number of hydrogen-bond donors (Lipinski definition) is 0. The molecule has 0 saturated carbocycles. The monoisotopic (exact) mass is 593 g/mol. The van der Waals surface area contributed by atoms with Gasteiger partial charge >= 0.3 is 6.36 Å². The number of para-hydroxylation sites is 1. The zero-order valence-corrected chi connectivity index (χ0v) is 23.7. The van der Waals surface area contributed by atoms with E-state index < -0.39 is 6.36 Å². The number of anilines is 2. The Balaban J connectivity index is 1.30. The van der Waals surface area contributed by atoms with Gasteiger partial charge in [0.2, 0.25) is 5.91 Å². The van der Waals surface area contributed by atoms with Crippen molar-refractivity contribution in [2.75, 3.05) is 22.6 Å². The van der Waals surface area contributed by atoms with Crippen LogP contribution in [0.25, 0.3) is 17.1 Å². The third-order valence-electron chi connectivity index (χ3n) is 6.53. The highest BCUT2D eigenvalue weighted by molar-refractivity contribution is 8.04. The van der Waals surface area contributed by atoms with Crippen molar-refractivity contribution in [2.45, 2.75) is 26.1 Å². The number of carbonyl (C=O) groups excluding carboxylic acids is 2. The Bertz CT molecular complexity index is 1630. The maximum absolute atomic E-state index is 13.2. The van der Waals surface area contributed by atoms with E-state index in [1.54, 1.807) is 36.2 Å². The first-order chi connectivity index (χ1) is 20.0. The van der Waals surface area contributed by atoms with Crippen LogP contribution in [0.5, 0.6) is 5.75 Å². The molecule has 0 bridgehead atoms. The molecule has 42 heavy (non-hydrogen) atoms. The number of benzene rings is 3. The predicted octanol–water partition coefficient (Wildman–Crippen LogP) is 6.54. The fraction of sp³-hybridized carbons (Fsp3) is 0.200. The molecule has 1 aromatic heterocycles. The van der Waals surface area contributed by atoms with Crippen LogP contribution in [-0.2, 0) is 9.59 Å². The Morgan fingerprint density at radius 3 is 2.40 bits per heavy atom. The summed E-state index contributed by atoms with van der Waals surface area (Å²) in [5.74, 6) is 0.173. The minimum Gasteiger partial charge on any atom is -0.406 e. The molecule has 216 valence electrons. The third-order valence-corrected chi connectivity index (χ3v) is 7.52. The lowest BCUT2D eigenvalue weighted by Gasteiger charge is -2.23. The second-order valence-electron chi connectivity index (χ2n) is 9.71. The molecular weight excluding hydrogens is 567 g/mol. The fourth-order valence-electron chi connectivity index (χ4n) is 4.41. The van der Waals surface area contributed by atoms with Gasteiger partial charge < -0.3 is 9.64 Å². The second kappa shape index (κ2) is 11.7. The first-order valence-electron chi connectivity index (χ1n) is 12.9. The Morgan fingerprint density at radius 2 is 1.74 bits per heavy atom. The van der Waals surface area contributed by atoms with Gasteiger partial charge in [-0.1, -0.05) is 43.8 Å². The number of amides is 2. The molecule has 0 spiro atoms. The van der Waals surface area contributed by atoms with Gasteiger partial charge in [0, 0.05) is 24.4 Å². The number of nitrogens with zero attached hydrogens (tertiary/aromatic N) is 5. The number of thioether (sulfide) groups is 1. The summed E-state index contributed by atoms with van der Waals surface area (Å²) in [6.45, 7) is 4.12. The molecule has 0 aliphatic carbocycles. The van der Waals surface area contributed by atoms with Crippen LogP contribution in [0.15, 0.2) is 90.2 Å². The predicted molar refractivity (Wildman–Crippen MR) is 155 cm³/mol. The number of carbonyl (C=O) groups is 2. The van der Waals surface area contributed by atoms with Crippen LogP contribution in [0.3, 0.4) is 0 Å². The molecule has 0 radical (unpaired) electrons. The van der Waals surface area contributed by atoms with Gasteiger partial charge in [-0.05, 0) is 66.1 Å². The lowest BCUT2D eigenvalue weighted by Crippen LogP contribution is -2.28. The zero-order valence-electron chi connectivity index (χ0n) is 22.9. The van der Waals surface area contributed by atoms with Crippen LogP contribution in [0.4, 0.5) is 24.5 Å². The summed E-state index contributed by atoms with van der Waals surface area (Å²) in [6.07, 6.45) is -1.83. The quantitative estimate of drug-likeness (QED) is 0.227. The van der Waals surface area contributed by atoms with Crippen molar-refractivity contribution in [1.29, 1.82) is 0 Å². The lowest BCUT2D eigenvalue weighted by molar-refractivity contribution is -0.274. The molecule has 1 fully saturated rings. The number of likely N-dealkylation sites (N-methyl/N-ethyl adjacent to an activating group) is 1. The van der Waals surface area contributed by atoms with Gasteiger partial charge in [-0.2, -0.15) is 0 Å². The van der Waals surface area contributed by atoms with Crippen LogP contribution in [0, 0.1) is 0 Å². The van der Waals surface area contributed by atoms with Crippen LogP contribution < -0.4 is 14.5 Å². The van der Waals surface area contributed by atoms with Gasteiger partial charge in [-0.15, -0.1) is 18.3 Å². The normalized spacial score (nSPS) is 14.6. The fourth-order valence-corrected chi connectivity index (χ4v) is 5.32. The lowest BCUT2D eigenvalue weighted by atomic mass is 10.0. The van der Waals surface area contributed by atoms with Crippen molar-refractivity contribution in [2.24, 2.45) is 0 Å². The molecule has 0 N–H and O–H groups in total. The van der Waals surface area contributed by atoms with E-state index in [2.05, 4.69) is 28.7 Å². The maximum atomic E-state index is 13.2. The summed E-state index contributed by atoms with van der Waals surface area (Å²) in [7, 11) is 1.65. The molecule has 1 saturated heterocycles. The number of aromatic nitrogens is 3. The minimum atomic E-state index is -4.77. The molecule has 2 heterocycles. The Labute approximate surface area is 244 Å².